The van der Waals surface area contributed by atoms with Crippen LogP contribution in [0.25, 0.3) is 0 Å². The van der Waals surface area contributed by atoms with Crippen LogP contribution in [0.5, 0.6) is 0 Å². The van der Waals surface area contributed by atoms with Crippen LogP contribution < -0.4 is 0 Å². The maximum absolute atomic E-state index is 12.1. The van der Waals surface area contributed by atoms with Gasteiger partial charge in [-0.05, 0) is 6.92 Å². The zero-order valence-electron chi connectivity index (χ0n) is 11.5. The first-order chi connectivity index (χ1) is 9.54. The lowest BCUT2D eigenvalue weighted by atomic mass is 10.1. The minimum Gasteiger partial charge on any atom is -0.364 e. The topological polar surface area (TPSA) is 62.7 Å². The molecule has 0 aliphatic carbocycles. The van der Waals surface area contributed by atoms with Gasteiger partial charge < -0.3 is 14.5 Å². The Hall–Kier alpha value is -1.47. The quantitative estimate of drug-likeness (QED) is 0.793. The predicted octanol–water partition coefficient (Wildman–Crippen LogP) is 0.410. The number of carbonyl (C=O) groups excluding carboxylic acids is 2. The van der Waals surface area contributed by atoms with E-state index in [-0.39, 0.29) is 30.6 Å². The molecule has 0 unspecified atom stereocenters. The standard InChI is InChI=1S/C13H17N3O3S/c1-8-14-10(7-20-8)3-16-11-4-15(9(2)17)5-12(11)19-6-13(16)18/h7,11-12H,3-6H2,1-2H3/t11-,12-/m1/s1. The molecule has 6 nitrogen and oxygen atoms in total. The van der Waals surface area contributed by atoms with Gasteiger partial charge in [0.15, 0.2) is 0 Å². The third-order valence-electron chi connectivity index (χ3n) is 3.82. The highest BCUT2D eigenvalue weighted by molar-refractivity contribution is 7.09. The van der Waals surface area contributed by atoms with E-state index in [2.05, 4.69) is 4.98 Å². The smallest absolute Gasteiger partial charge is 0.249 e. The van der Waals surface area contributed by atoms with Crippen LogP contribution in [0.1, 0.15) is 17.6 Å². The fourth-order valence-electron chi connectivity index (χ4n) is 2.78. The summed E-state index contributed by atoms with van der Waals surface area (Å²) >= 11 is 1.58. The van der Waals surface area contributed by atoms with Gasteiger partial charge in [0.05, 0.1) is 29.4 Å². The molecule has 1 aromatic rings. The monoisotopic (exact) mass is 295 g/mol. The third-order valence-corrected chi connectivity index (χ3v) is 4.65. The van der Waals surface area contributed by atoms with Gasteiger partial charge in [-0.25, -0.2) is 4.98 Å². The van der Waals surface area contributed by atoms with Crippen molar-refractivity contribution in [2.24, 2.45) is 0 Å². The average molecular weight is 295 g/mol. The van der Waals surface area contributed by atoms with Gasteiger partial charge in [0, 0.05) is 25.4 Å². The number of ether oxygens (including phenoxy) is 1. The molecule has 0 aromatic carbocycles. The second kappa shape index (κ2) is 5.14. The number of thiazole rings is 1. The molecular formula is C13H17N3O3S. The van der Waals surface area contributed by atoms with Crippen LogP contribution in [-0.2, 0) is 20.9 Å². The van der Waals surface area contributed by atoms with E-state index in [1.165, 1.54) is 0 Å². The molecule has 0 saturated carbocycles. The van der Waals surface area contributed by atoms with Gasteiger partial charge in [0.1, 0.15) is 6.61 Å². The number of amides is 2. The highest BCUT2D eigenvalue weighted by Crippen LogP contribution is 2.25. The maximum Gasteiger partial charge on any atom is 0.249 e. The van der Waals surface area contributed by atoms with Crippen molar-refractivity contribution in [3.8, 4) is 0 Å². The van der Waals surface area contributed by atoms with E-state index < -0.39 is 0 Å². The summed E-state index contributed by atoms with van der Waals surface area (Å²) in [6.45, 7) is 5.21. The number of carbonyl (C=O) groups is 2. The Morgan fingerprint density at radius 2 is 2.35 bits per heavy atom. The number of nitrogens with zero attached hydrogens (tertiary/aromatic N) is 3. The van der Waals surface area contributed by atoms with Crippen molar-refractivity contribution in [2.45, 2.75) is 32.5 Å². The molecule has 2 fully saturated rings. The molecule has 20 heavy (non-hydrogen) atoms. The number of rotatable bonds is 2. The number of likely N-dealkylation sites (tertiary alicyclic amines) is 1. The van der Waals surface area contributed by atoms with E-state index >= 15 is 0 Å². The van der Waals surface area contributed by atoms with Crippen molar-refractivity contribution in [1.29, 1.82) is 0 Å². The van der Waals surface area contributed by atoms with Crippen molar-refractivity contribution >= 4 is 23.2 Å². The van der Waals surface area contributed by atoms with Crippen LogP contribution in [0.15, 0.2) is 5.38 Å². The van der Waals surface area contributed by atoms with Gasteiger partial charge in [-0.15, -0.1) is 11.3 Å². The SMILES string of the molecule is CC(=O)N1C[C@@H]2[C@@H](C1)OCC(=O)N2Cc1csc(C)n1. The molecule has 0 radical (unpaired) electrons. The zero-order chi connectivity index (χ0) is 14.3. The van der Waals surface area contributed by atoms with E-state index in [0.29, 0.717) is 19.6 Å². The van der Waals surface area contributed by atoms with E-state index in [9.17, 15) is 9.59 Å². The van der Waals surface area contributed by atoms with Crippen LogP contribution in [0.3, 0.4) is 0 Å². The van der Waals surface area contributed by atoms with Gasteiger partial charge in [-0.1, -0.05) is 0 Å². The second-order valence-electron chi connectivity index (χ2n) is 5.22. The highest BCUT2D eigenvalue weighted by atomic mass is 32.1. The lowest BCUT2D eigenvalue weighted by molar-refractivity contribution is -0.154. The number of hydrogen-bond acceptors (Lipinski definition) is 5. The summed E-state index contributed by atoms with van der Waals surface area (Å²) in [7, 11) is 0. The molecule has 108 valence electrons. The number of fused-ring (bicyclic) bond motifs is 1. The molecule has 2 aliphatic rings. The number of morpholine rings is 1. The normalized spacial score (nSPS) is 26.0. The van der Waals surface area contributed by atoms with E-state index in [1.54, 1.807) is 23.2 Å². The van der Waals surface area contributed by atoms with Crippen molar-refractivity contribution in [2.75, 3.05) is 19.7 Å². The average Bonchev–Trinajstić information content (AvgIpc) is 2.99. The van der Waals surface area contributed by atoms with Crippen LogP contribution in [0, 0.1) is 6.92 Å². The molecule has 1 aromatic heterocycles. The van der Waals surface area contributed by atoms with Crippen LogP contribution in [0.2, 0.25) is 0 Å². The van der Waals surface area contributed by atoms with E-state index in [4.69, 9.17) is 4.74 Å². The molecule has 3 rings (SSSR count). The molecule has 2 saturated heterocycles. The summed E-state index contributed by atoms with van der Waals surface area (Å²) in [5.41, 5.74) is 0.905. The maximum atomic E-state index is 12.1. The largest absolute Gasteiger partial charge is 0.364 e. The number of hydrogen-bond donors (Lipinski definition) is 0. The second-order valence-corrected chi connectivity index (χ2v) is 6.28. The Bertz CT molecular complexity index is 545. The van der Waals surface area contributed by atoms with Crippen molar-refractivity contribution in [1.82, 2.24) is 14.8 Å². The Labute approximate surface area is 121 Å². The number of aryl methyl sites for hydroxylation is 1. The highest BCUT2D eigenvalue weighted by Gasteiger charge is 2.44. The van der Waals surface area contributed by atoms with Crippen LogP contribution >= 0.6 is 11.3 Å². The summed E-state index contributed by atoms with van der Waals surface area (Å²) in [4.78, 5) is 31.6. The Morgan fingerprint density at radius 1 is 1.55 bits per heavy atom. The first kappa shape index (κ1) is 13.5. The van der Waals surface area contributed by atoms with Gasteiger partial charge in [-0.2, -0.15) is 0 Å². The van der Waals surface area contributed by atoms with Gasteiger partial charge in [0.2, 0.25) is 11.8 Å². The summed E-state index contributed by atoms with van der Waals surface area (Å²) < 4.78 is 5.56. The van der Waals surface area contributed by atoms with Crippen molar-refractivity contribution < 1.29 is 14.3 Å². The summed E-state index contributed by atoms with van der Waals surface area (Å²) in [6, 6.07) is -0.0536. The van der Waals surface area contributed by atoms with E-state index in [0.717, 1.165) is 10.7 Å². The molecule has 2 amide bonds. The molecule has 0 spiro atoms. The molecule has 3 heterocycles. The molecule has 7 heteroatoms. The van der Waals surface area contributed by atoms with Gasteiger partial charge in [-0.3, -0.25) is 9.59 Å². The lowest BCUT2D eigenvalue weighted by Crippen LogP contribution is -2.53. The van der Waals surface area contributed by atoms with E-state index in [1.807, 2.05) is 17.2 Å². The Kier molecular flexibility index (Phi) is 3.47. The van der Waals surface area contributed by atoms with Crippen LogP contribution in [-0.4, -0.2) is 58.4 Å². The molecule has 0 N–H and O–H groups in total. The molecule has 2 aliphatic heterocycles. The minimum atomic E-state index is -0.0728. The number of aromatic nitrogens is 1. The Morgan fingerprint density at radius 3 is 3.00 bits per heavy atom. The fourth-order valence-corrected chi connectivity index (χ4v) is 3.39. The summed E-state index contributed by atoms with van der Waals surface area (Å²) in [5, 5.41) is 2.97. The molecule has 0 bridgehead atoms. The molecule has 2 atom stereocenters. The predicted molar refractivity (Wildman–Crippen MR) is 73.2 cm³/mol. The summed E-state index contributed by atoms with van der Waals surface area (Å²) in [6.07, 6.45) is -0.0728. The minimum absolute atomic E-state index is 0.0256. The first-order valence-electron chi connectivity index (χ1n) is 6.62. The van der Waals surface area contributed by atoms with Crippen molar-refractivity contribution in [3.05, 3.63) is 16.1 Å². The van der Waals surface area contributed by atoms with Crippen molar-refractivity contribution in [3.63, 3.8) is 0 Å². The molecular weight excluding hydrogens is 278 g/mol. The fraction of sp³-hybridized carbons (Fsp3) is 0.615. The van der Waals surface area contributed by atoms with Gasteiger partial charge in [0.25, 0.3) is 0 Å². The van der Waals surface area contributed by atoms with Gasteiger partial charge >= 0.3 is 0 Å². The Balaban J connectivity index is 1.77. The first-order valence-corrected chi connectivity index (χ1v) is 7.50. The van der Waals surface area contributed by atoms with Crippen LogP contribution in [0.4, 0.5) is 0 Å². The zero-order valence-corrected chi connectivity index (χ0v) is 12.4. The summed E-state index contributed by atoms with van der Waals surface area (Å²) in [5.74, 6) is 0.00204. The third kappa shape index (κ3) is 2.43. The lowest BCUT2D eigenvalue weighted by Gasteiger charge is -2.36.